The van der Waals surface area contributed by atoms with E-state index >= 15 is 0 Å². The molecule has 0 bridgehead atoms. The van der Waals surface area contributed by atoms with Crippen LogP contribution in [0.25, 0.3) is 0 Å². The average molecular weight is 469 g/mol. The molecule has 5 aliphatic rings. The third kappa shape index (κ3) is 4.60. The number of ether oxygens (including phenoxy) is 2. The van der Waals surface area contributed by atoms with Crippen LogP contribution < -0.4 is 0 Å². The monoisotopic (exact) mass is 468 g/mol. The first-order valence-corrected chi connectivity index (χ1v) is 15.0. The Kier molecular flexibility index (Phi) is 7.40. The topological polar surface area (TPSA) is 18.5 Å². The first kappa shape index (κ1) is 25.1. The lowest BCUT2D eigenvalue weighted by molar-refractivity contribution is -0.195. The van der Waals surface area contributed by atoms with Gasteiger partial charge in [0.25, 0.3) is 0 Å². The molecule has 2 heteroatoms. The lowest BCUT2D eigenvalue weighted by atomic mass is 9.47. The van der Waals surface area contributed by atoms with Crippen molar-refractivity contribution in [3.8, 4) is 0 Å². The van der Waals surface area contributed by atoms with Crippen molar-refractivity contribution in [3.05, 3.63) is 23.8 Å². The normalized spacial score (nSPS) is 44.2. The predicted octanol–water partition coefficient (Wildman–Crippen LogP) is 8.86. The molecule has 1 heterocycles. The molecule has 192 valence electrons. The average Bonchev–Trinajstić information content (AvgIpc) is 3.17. The highest BCUT2D eigenvalue weighted by molar-refractivity contribution is 5.26. The third-order valence-electron chi connectivity index (χ3n) is 11.3. The lowest BCUT2D eigenvalue weighted by Crippen LogP contribution is -2.50. The van der Waals surface area contributed by atoms with E-state index in [0.29, 0.717) is 16.9 Å². The van der Waals surface area contributed by atoms with Gasteiger partial charge in [0.05, 0.1) is 6.10 Å². The zero-order valence-electron chi connectivity index (χ0n) is 22.7. The van der Waals surface area contributed by atoms with Crippen LogP contribution in [0.5, 0.6) is 0 Å². The van der Waals surface area contributed by atoms with Gasteiger partial charge in [0, 0.05) is 6.61 Å². The second kappa shape index (κ2) is 10.0. The Morgan fingerprint density at radius 1 is 1.09 bits per heavy atom. The van der Waals surface area contributed by atoms with Gasteiger partial charge in [0.1, 0.15) is 0 Å². The zero-order chi connectivity index (χ0) is 23.9. The van der Waals surface area contributed by atoms with E-state index in [4.69, 9.17) is 9.47 Å². The van der Waals surface area contributed by atoms with E-state index in [-0.39, 0.29) is 6.29 Å². The van der Waals surface area contributed by atoms with Gasteiger partial charge in [-0.15, -0.1) is 0 Å². The largest absolute Gasteiger partial charge is 0.353 e. The summed E-state index contributed by atoms with van der Waals surface area (Å²) in [5.74, 6) is 4.25. The molecule has 8 atom stereocenters. The van der Waals surface area contributed by atoms with Gasteiger partial charge in [0.15, 0.2) is 6.29 Å². The summed E-state index contributed by atoms with van der Waals surface area (Å²) >= 11 is 0. The summed E-state index contributed by atoms with van der Waals surface area (Å²) in [5.41, 5.74) is 4.22. The number of fused-ring (bicyclic) bond motifs is 5. The van der Waals surface area contributed by atoms with Crippen molar-refractivity contribution in [2.24, 2.45) is 40.4 Å². The Morgan fingerprint density at radius 2 is 1.94 bits per heavy atom. The summed E-state index contributed by atoms with van der Waals surface area (Å²) in [6.07, 6.45) is 21.3. The quantitative estimate of drug-likeness (QED) is 0.347. The summed E-state index contributed by atoms with van der Waals surface area (Å²) in [6, 6.07) is 0. The minimum absolute atomic E-state index is 0.0551. The molecule has 0 aromatic carbocycles. The van der Waals surface area contributed by atoms with E-state index in [1.807, 2.05) is 0 Å². The molecule has 0 radical (unpaired) electrons. The predicted molar refractivity (Wildman–Crippen MR) is 141 cm³/mol. The molecule has 4 fully saturated rings. The Morgan fingerprint density at radius 3 is 2.71 bits per heavy atom. The van der Waals surface area contributed by atoms with Crippen LogP contribution >= 0.6 is 0 Å². The van der Waals surface area contributed by atoms with Crippen molar-refractivity contribution >= 4 is 0 Å². The summed E-state index contributed by atoms with van der Waals surface area (Å²) in [6.45, 7) is 15.6. The van der Waals surface area contributed by atoms with E-state index in [1.165, 1.54) is 77.0 Å². The molecule has 0 N–H and O–H groups in total. The van der Waals surface area contributed by atoms with Gasteiger partial charge in [-0.25, -0.2) is 0 Å². The van der Waals surface area contributed by atoms with Gasteiger partial charge in [-0.3, -0.25) is 0 Å². The number of hydrogen-bond donors (Lipinski definition) is 0. The Hall–Kier alpha value is -0.600. The first-order valence-electron chi connectivity index (χ1n) is 15.0. The fraction of sp³-hybridized carbons (Fsp3) is 0.875. The van der Waals surface area contributed by atoms with Crippen molar-refractivity contribution < 1.29 is 9.47 Å². The van der Waals surface area contributed by atoms with Crippen LogP contribution in [0.2, 0.25) is 0 Å². The molecule has 34 heavy (non-hydrogen) atoms. The van der Waals surface area contributed by atoms with Gasteiger partial charge in [-0.1, -0.05) is 57.9 Å². The second-order valence-electron chi connectivity index (χ2n) is 13.7. The molecule has 0 aromatic rings. The van der Waals surface area contributed by atoms with E-state index in [2.05, 4.69) is 40.3 Å². The highest BCUT2D eigenvalue weighted by Gasteiger charge is 2.58. The molecule has 2 nitrogen and oxygen atoms in total. The van der Waals surface area contributed by atoms with E-state index in [9.17, 15) is 0 Å². The van der Waals surface area contributed by atoms with Crippen molar-refractivity contribution in [2.45, 2.75) is 130 Å². The molecule has 3 saturated carbocycles. The van der Waals surface area contributed by atoms with Crippen molar-refractivity contribution in [2.75, 3.05) is 6.61 Å². The Balaban J connectivity index is 1.25. The number of allylic oxidation sites excluding steroid dienone is 2. The lowest BCUT2D eigenvalue weighted by Gasteiger charge is -2.58. The van der Waals surface area contributed by atoms with Crippen molar-refractivity contribution in [3.63, 3.8) is 0 Å². The highest BCUT2D eigenvalue weighted by atomic mass is 16.7. The van der Waals surface area contributed by atoms with E-state index in [0.717, 1.165) is 49.0 Å². The Bertz CT molecular complexity index is 761. The van der Waals surface area contributed by atoms with Crippen LogP contribution in [-0.4, -0.2) is 19.0 Å². The maximum Gasteiger partial charge on any atom is 0.157 e. The van der Waals surface area contributed by atoms with Gasteiger partial charge in [-0.2, -0.15) is 0 Å². The zero-order valence-corrected chi connectivity index (χ0v) is 22.7. The van der Waals surface area contributed by atoms with Crippen molar-refractivity contribution in [1.29, 1.82) is 0 Å². The standard InChI is InChI=1S/C32H52O2/c1-22(2)9-8-10-23(3)27-14-15-28-26-13-12-24-21-25(34-30-11-6-7-20-33-30)16-18-31(24,4)29(26)17-19-32(27,28)5/h12,22,25-30H,3,6-11,13-21H2,1-2,4-5H3/t25-,26?,27+,28?,29?,30?,31-,32+/m0/s1. The second-order valence-corrected chi connectivity index (χ2v) is 13.7. The molecule has 0 amide bonds. The fourth-order valence-electron chi connectivity index (χ4n) is 9.36. The number of rotatable bonds is 7. The molecule has 0 aromatic heterocycles. The summed E-state index contributed by atoms with van der Waals surface area (Å²) in [7, 11) is 0. The Labute approximate surface area is 210 Å². The highest BCUT2D eigenvalue weighted by Crippen LogP contribution is 2.67. The summed E-state index contributed by atoms with van der Waals surface area (Å²) < 4.78 is 12.4. The van der Waals surface area contributed by atoms with E-state index < -0.39 is 0 Å². The van der Waals surface area contributed by atoms with Crippen LogP contribution in [0.3, 0.4) is 0 Å². The maximum atomic E-state index is 6.46. The molecular formula is C32H52O2. The molecule has 4 unspecified atom stereocenters. The minimum atomic E-state index is 0.0551. The first-order chi connectivity index (χ1) is 16.3. The van der Waals surface area contributed by atoms with Gasteiger partial charge in [0.2, 0.25) is 0 Å². The summed E-state index contributed by atoms with van der Waals surface area (Å²) in [4.78, 5) is 0. The number of hydrogen-bond acceptors (Lipinski definition) is 2. The maximum absolute atomic E-state index is 6.46. The van der Waals surface area contributed by atoms with Crippen LogP contribution in [0, 0.1) is 40.4 Å². The van der Waals surface area contributed by atoms with Crippen LogP contribution in [-0.2, 0) is 9.47 Å². The SMILES string of the molecule is C=C(CCCC(C)C)[C@H]1CCC2C3CC=C4C[C@@H](OC5CCCCO5)CC[C@]4(C)C3CC[C@@]21C. The molecular weight excluding hydrogens is 416 g/mol. The molecule has 4 aliphatic carbocycles. The van der Waals surface area contributed by atoms with Gasteiger partial charge in [-0.05, 0) is 124 Å². The molecule has 5 rings (SSSR count). The third-order valence-corrected chi connectivity index (χ3v) is 11.3. The van der Waals surface area contributed by atoms with Gasteiger partial charge >= 0.3 is 0 Å². The van der Waals surface area contributed by atoms with Crippen molar-refractivity contribution in [1.82, 2.24) is 0 Å². The van der Waals surface area contributed by atoms with Crippen LogP contribution in [0.1, 0.15) is 118 Å². The van der Waals surface area contributed by atoms with Crippen LogP contribution in [0.4, 0.5) is 0 Å². The fourth-order valence-corrected chi connectivity index (χ4v) is 9.36. The molecule has 1 aliphatic heterocycles. The minimum Gasteiger partial charge on any atom is -0.353 e. The van der Waals surface area contributed by atoms with Gasteiger partial charge < -0.3 is 9.47 Å². The molecule has 0 spiro atoms. The smallest absolute Gasteiger partial charge is 0.157 e. The summed E-state index contributed by atoms with van der Waals surface area (Å²) in [5, 5.41) is 0. The van der Waals surface area contributed by atoms with Crippen LogP contribution in [0.15, 0.2) is 23.8 Å². The van der Waals surface area contributed by atoms with E-state index in [1.54, 1.807) is 11.1 Å². The molecule has 1 saturated heterocycles.